The molecule has 0 aliphatic heterocycles. The zero-order valence-corrected chi connectivity index (χ0v) is 17.7. The number of halogens is 1. The van der Waals surface area contributed by atoms with Crippen molar-refractivity contribution in [1.82, 2.24) is 4.90 Å². The van der Waals surface area contributed by atoms with E-state index in [0.29, 0.717) is 11.8 Å². The number of benzene rings is 2. The Kier molecular flexibility index (Phi) is 9.82. The van der Waals surface area contributed by atoms with Crippen molar-refractivity contribution in [3.63, 3.8) is 0 Å². The van der Waals surface area contributed by atoms with Crippen LogP contribution in [0.2, 0.25) is 0 Å². The fourth-order valence-corrected chi connectivity index (χ4v) is 3.36. The van der Waals surface area contributed by atoms with Crippen molar-refractivity contribution in [2.45, 2.75) is 34.1 Å². The monoisotopic (exact) mass is 378 g/mol. The molecule has 3 nitrogen and oxygen atoms in total. The molecule has 2 aromatic rings. The van der Waals surface area contributed by atoms with E-state index in [0.717, 1.165) is 30.9 Å². The Labute approximate surface area is 165 Å². The molecule has 0 unspecified atom stereocenters. The van der Waals surface area contributed by atoms with Crippen LogP contribution in [0.4, 0.5) is 5.69 Å². The van der Waals surface area contributed by atoms with Crippen LogP contribution in [0.3, 0.4) is 0 Å². The number of hydrogen-bond donors (Lipinski definition) is 1. The maximum Gasteiger partial charge on any atom is 0.121 e. The highest BCUT2D eigenvalue weighted by Crippen LogP contribution is 2.29. The van der Waals surface area contributed by atoms with Crippen molar-refractivity contribution in [2.75, 3.05) is 38.6 Å². The summed E-state index contributed by atoms with van der Waals surface area (Å²) in [6.45, 7) is 13.7. The molecule has 0 bridgehead atoms. The summed E-state index contributed by atoms with van der Waals surface area (Å²) in [5, 5.41) is 6.09. The number of ether oxygens (including phenoxy) is 1. The van der Waals surface area contributed by atoms with Gasteiger partial charge in [0.25, 0.3) is 0 Å². The number of rotatable bonds is 10. The third-order valence-corrected chi connectivity index (χ3v) is 4.28. The molecule has 26 heavy (non-hydrogen) atoms. The fraction of sp³-hybridized carbons (Fsp3) is 0.545. The highest BCUT2D eigenvalue weighted by Gasteiger charge is 2.09. The van der Waals surface area contributed by atoms with E-state index in [-0.39, 0.29) is 12.4 Å². The van der Waals surface area contributed by atoms with E-state index in [4.69, 9.17) is 4.74 Å². The van der Waals surface area contributed by atoms with Gasteiger partial charge in [-0.25, -0.2) is 0 Å². The van der Waals surface area contributed by atoms with E-state index in [1.807, 2.05) is 0 Å². The van der Waals surface area contributed by atoms with Crippen molar-refractivity contribution in [1.29, 1.82) is 0 Å². The minimum absolute atomic E-state index is 0. The lowest BCUT2D eigenvalue weighted by Crippen LogP contribution is -2.33. The zero-order valence-electron chi connectivity index (χ0n) is 16.9. The van der Waals surface area contributed by atoms with Gasteiger partial charge >= 0.3 is 0 Å². The van der Waals surface area contributed by atoms with Gasteiger partial charge < -0.3 is 15.0 Å². The molecular formula is C22H35ClN2O. The summed E-state index contributed by atoms with van der Waals surface area (Å²) in [6, 6.07) is 12.7. The summed E-state index contributed by atoms with van der Waals surface area (Å²) < 4.78 is 5.45. The molecule has 0 heterocycles. The number of fused-ring (bicyclic) bond motifs is 1. The van der Waals surface area contributed by atoms with Gasteiger partial charge in [0.05, 0.1) is 7.11 Å². The van der Waals surface area contributed by atoms with Crippen molar-refractivity contribution in [3.8, 4) is 5.75 Å². The van der Waals surface area contributed by atoms with Crippen LogP contribution in [0, 0.1) is 11.8 Å². The van der Waals surface area contributed by atoms with Gasteiger partial charge in [0, 0.05) is 36.8 Å². The van der Waals surface area contributed by atoms with Gasteiger partial charge in [-0.1, -0.05) is 52.0 Å². The minimum Gasteiger partial charge on any atom is -0.497 e. The lowest BCUT2D eigenvalue weighted by Gasteiger charge is -2.26. The molecular weight excluding hydrogens is 344 g/mol. The van der Waals surface area contributed by atoms with E-state index >= 15 is 0 Å². The molecule has 1 N–H and O–H groups in total. The maximum atomic E-state index is 5.45. The van der Waals surface area contributed by atoms with Crippen molar-refractivity contribution in [3.05, 3.63) is 36.4 Å². The number of nitrogens with one attached hydrogen (secondary N) is 1. The van der Waals surface area contributed by atoms with E-state index < -0.39 is 0 Å². The summed E-state index contributed by atoms with van der Waals surface area (Å²) >= 11 is 0. The molecule has 0 aliphatic carbocycles. The molecule has 0 spiro atoms. The average molecular weight is 379 g/mol. The van der Waals surface area contributed by atoms with Gasteiger partial charge in [-0.2, -0.15) is 0 Å². The SMILES string of the molecule is COc1cc(NCCCN(CC(C)C)CC(C)C)c2ccccc2c1.Cl. The quantitative estimate of drug-likeness (QED) is 0.538. The first-order valence-electron chi connectivity index (χ1n) is 9.52. The summed E-state index contributed by atoms with van der Waals surface area (Å²) in [4.78, 5) is 2.60. The Morgan fingerprint density at radius 1 is 1.00 bits per heavy atom. The first-order chi connectivity index (χ1) is 12.0. The molecule has 0 fully saturated rings. The van der Waals surface area contributed by atoms with Crippen molar-refractivity contribution >= 4 is 28.9 Å². The summed E-state index contributed by atoms with van der Waals surface area (Å²) in [7, 11) is 1.73. The summed E-state index contributed by atoms with van der Waals surface area (Å²) in [5.74, 6) is 2.34. The highest BCUT2D eigenvalue weighted by atomic mass is 35.5. The van der Waals surface area contributed by atoms with Crippen LogP contribution < -0.4 is 10.1 Å². The number of methoxy groups -OCH3 is 1. The van der Waals surface area contributed by atoms with Crippen LogP contribution in [0.25, 0.3) is 10.8 Å². The normalized spacial score (nSPS) is 11.2. The molecule has 146 valence electrons. The van der Waals surface area contributed by atoms with Gasteiger partial charge in [-0.3, -0.25) is 0 Å². The van der Waals surface area contributed by atoms with Gasteiger partial charge in [0.15, 0.2) is 0 Å². The second-order valence-corrected chi connectivity index (χ2v) is 7.72. The average Bonchev–Trinajstić information content (AvgIpc) is 2.57. The largest absolute Gasteiger partial charge is 0.497 e. The lowest BCUT2D eigenvalue weighted by atomic mass is 10.1. The number of anilines is 1. The molecule has 4 heteroatoms. The molecule has 0 atom stereocenters. The third kappa shape index (κ3) is 7.05. The van der Waals surface area contributed by atoms with Crippen molar-refractivity contribution < 1.29 is 4.74 Å². The first-order valence-corrected chi connectivity index (χ1v) is 9.52. The smallest absolute Gasteiger partial charge is 0.121 e. The number of nitrogens with zero attached hydrogens (tertiary/aromatic N) is 1. The second-order valence-electron chi connectivity index (χ2n) is 7.72. The van der Waals surface area contributed by atoms with E-state index in [9.17, 15) is 0 Å². The highest BCUT2D eigenvalue weighted by molar-refractivity contribution is 5.95. The van der Waals surface area contributed by atoms with Crippen LogP contribution in [0.1, 0.15) is 34.1 Å². The molecule has 0 saturated carbocycles. The fourth-order valence-electron chi connectivity index (χ4n) is 3.36. The van der Waals surface area contributed by atoms with Gasteiger partial charge in [-0.05, 0) is 36.3 Å². The molecule has 0 saturated heterocycles. The topological polar surface area (TPSA) is 24.5 Å². The molecule has 0 aromatic heterocycles. The molecule has 2 rings (SSSR count). The van der Waals surface area contributed by atoms with E-state index in [1.165, 1.54) is 23.9 Å². The molecule has 0 radical (unpaired) electrons. The van der Waals surface area contributed by atoms with Crippen LogP contribution in [-0.2, 0) is 0 Å². The van der Waals surface area contributed by atoms with E-state index in [1.54, 1.807) is 7.11 Å². The van der Waals surface area contributed by atoms with Gasteiger partial charge in [0.1, 0.15) is 5.75 Å². The minimum atomic E-state index is 0. The predicted octanol–water partition coefficient (Wildman–Crippen LogP) is 5.69. The Balaban J connectivity index is 0.00000338. The van der Waals surface area contributed by atoms with Gasteiger partial charge in [-0.15, -0.1) is 12.4 Å². The Morgan fingerprint density at radius 3 is 2.27 bits per heavy atom. The maximum absolute atomic E-state index is 5.45. The second kappa shape index (κ2) is 11.3. The predicted molar refractivity (Wildman–Crippen MR) is 117 cm³/mol. The summed E-state index contributed by atoms with van der Waals surface area (Å²) in [5.41, 5.74) is 1.16. The van der Waals surface area contributed by atoms with Crippen LogP contribution in [0.5, 0.6) is 5.75 Å². The van der Waals surface area contributed by atoms with Crippen LogP contribution in [-0.4, -0.2) is 38.2 Å². The molecule has 0 amide bonds. The summed E-state index contributed by atoms with van der Waals surface area (Å²) in [6.07, 6.45) is 1.14. The Hall–Kier alpha value is -1.45. The number of hydrogen-bond acceptors (Lipinski definition) is 3. The third-order valence-electron chi connectivity index (χ3n) is 4.28. The van der Waals surface area contributed by atoms with Crippen LogP contribution >= 0.6 is 12.4 Å². The first kappa shape index (κ1) is 22.6. The van der Waals surface area contributed by atoms with Crippen LogP contribution in [0.15, 0.2) is 36.4 Å². The van der Waals surface area contributed by atoms with Crippen molar-refractivity contribution in [2.24, 2.45) is 11.8 Å². The molecule has 0 aliphatic rings. The Morgan fingerprint density at radius 2 is 1.65 bits per heavy atom. The van der Waals surface area contributed by atoms with E-state index in [2.05, 4.69) is 74.3 Å². The Bertz CT molecular complexity index is 648. The zero-order chi connectivity index (χ0) is 18.2. The standard InChI is InChI=1S/C22H34N2O.ClH/c1-17(2)15-24(16-18(3)4)12-8-11-23-22-14-20(25-5)13-19-9-6-7-10-21(19)22;/h6-7,9-10,13-14,17-18,23H,8,11-12,15-16H2,1-5H3;1H. The molecule has 2 aromatic carbocycles. The van der Waals surface area contributed by atoms with Gasteiger partial charge in [0.2, 0.25) is 0 Å². The lowest BCUT2D eigenvalue weighted by molar-refractivity contribution is 0.219.